The van der Waals surface area contributed by atoms with Crippen LogP contribution in [0.15, 0.2) is 12.1 Å². The van der Waals surface area contributed by atoms with Crippen molar-refractivity contribution in [1.82, 2.24) is 4.98 Å². The lowest BCUT2D eigenvalue weighted by Crippen LogP contribution is -2.35. The summed E-state index contributed by atoms with van der Waals surface area (Å²) in [6, 6.07) is 4.63. The van der Waals surface area contributed by atoms with Crippen LogP contribution in [0.4, 0.5) is 23.4 Å². The van der Waals surface area contributed by atoms with E-state index in [0.29, 0.717) is 5.69 Å². The van der Waals surface area contributed by atoms with Crippen LogP contribution in [0.3, 0.4) is 0 Å². The van der Waals surface area contributed by atoms with E-state index in [0.717, 1.165) is 0 Å². The summed E-state index contributed by atoms with van der Waals surface area (Å²) in [5.41, 5.74) is 0.521. The third kappa shape index (κ3) is 3.31. The van der Waals surface area contributed by atoms with Crippen LogP contribution in [0.2, 0.25) is 0 Å². The molecule has 0 saturated heterocycles. The first kappa shape index (κ1) is 13.2. The molecule has 1 N–H and O–H groups in total. The van der Waals surface area contributed by atoms with Crippen LogP contribution in [0, 0.1) is 18.3 Å². The molecule has 0 atom stereocenters. The van der Waals surface area contributed by atoms with Crippen LogP contribution in [0.1, 0.15) is 11.3 Å². The van der Waals surface area contributed by atoms with Gasteiger partial charge in [-0.15, -0.1) is 0 Å². The Morgan fingerprint density at radius 3 is 2.65 bits per heavy atom. The number of aromatic nitrogens is 1. The molecule has 0 aliphatic heterocycles. The summed E-state index contributed by atoms with van der Waals surface area (Å²) in [7, 11) is 0. The van der Waals surface area contributed by atoms with Crippen molar-refractivity contribution in [3.8, 4) is 6.07 Å². The second-order valence-corrected chi connectivity index (χ2v) is 3.38. The molecule has 0 aromatic carbocycles. The lowest BCUT2D eigenvalue weighted by Gasteiger charge is -2.16. The minimum atomic E-state index is -4.15. The highest BCUT2D eigenvalue weighted by atomic mass is 19.3. The van der Waals surface area contributed by atoms with Gasteiger partial charge in [0.15, 0.2) is 0 Å². The Bertz CT molecular complexity index is 440. The van der Waals surface area contributed by atoms with Gasteiger partial charge < -0.3 is 5.32 Å². The summed E-state index contributed by atoms with van der Waals surface area (Å²) < 4.78 is 49.1. The first-order chi connectivity index (χ1) is 7.86. The fourth-order valence-corrected chi connectivity index (χ4v) is 1.06. The summed E-state index contributed by atoms with van der Waals surface area (Å²) in [5, 5.41) is 10.7. The molecule has 0 amide bonds. The average molecular weight is 247 g/mol. The molecule has 0 spiro atoms. The Labute approximate surface area is 95.1 Å². The molecule has 0 aliphatic carbocycles. The topological polar surface area (TPSA) is 48.7 Å². The maximum atomic E-state index is 12.6. The number of alkyl halides is 4. The summed E-state index contributed by atoms with van der Waals surface area (Å²) >= 11 is 0. The van der Waals surface area contributed by atoms with Crippen molar-refractivity contribution in [3.05, 3.63) is 23.4 Å². The van der Waals surface area contributed by atoms with E-state index in [9.17, 15) is 17.6 Å². The van der Waals surface area contributed by atoms with Gasteiger partial charge in [-0.1, -0.05) is 0 Å². The summed E-state index contributed by atoms with van der Waals surface area (Å²) in [6.45, 7) is 0.327. The van der Waals surface area contributed by atoms with E-state index in [1.807, 2.05) is 0 Å². The van der Waals surface area contributed by atoms with Crippen molar-refractivity contribution in [2.75, 3.05) is 11.9 Å². The van der Waals surface area contributed by atoms with E-state index in [-0.39, 0.29) is 11.4 Å². The molecular formula is C10H9F4N3. The average Bonchev–Trinajstić information content (AvgIpc) is 2.26. The SMILES string of the molecule is Cc1ccc(C#N)c(NCC(F)(F)C(F)F)n1. The van der Waals surface area contributed by atoms with Crippen molar-refractivity contribution < 1.29 is 17.6 Å². The first-order valence-corrected chi connectivity index (χ1v) is 4.64. The van der Waals surface area contributed by atoms with Gasteiger partial charge >= 0.3 is 12.3 Å². The summed E-state index contributed by atoms with van der Waals surface area (Å²) in [4.78, 5) is 3.79. The van der Waals surface area contributed by atoms with Gasteiger partial charge in [0.05, 0.1) is 12.1 Å². The molecular weight excluding hydrogens is 238 g/mol. The third-order valence-electron chi connectivity index (χ3n) is 1.97. The maximum Gasteiger partial charge on any atom is 0.324 e. The number of nitriles is 1. The molecule has 0 bridgehead atoms. The van der Waals surface area contributed by atoms with E-state index in [1.165, 1.54) is 12.1 Å². The van der Waals surface area contributed by atoms with Crippen molar-refractivity contribution >= 4 is 5.82 Å². The Hall–Kier alpha value is -1.84. The molecule has 17 heavy (non-hydrogen) atoms. The van der Waals surface area contributed by atoms with Crippen LogP contribution >= 0.6 is 0 Å². The monoisotopic (exact) mass is 247 g/mol. The number of nitrogens with one attached hydrogen (secondary N) is 1. The number of hydrogen-bond donors (Lipinski definition) is 1. The van der Waals surface area contributed by atoms with E-state index >= 15 is 0 Å². The number of nitrogens with zero attached hydrogens (tertiary/aromatic N) is 2. The Kier molecular flexibility index (Phi) is 3.89. The van der Waals surface area contributed by atoms with Gasteiger partial charge in [0.2, 0.25) is 0 Å². The van der Waals surface area contributed by atoms with Crippen LogP contribution < -0.4 is 5.32 Å². The second-order valence-electron chi connectivity index (χ2n) is 3.38. The number of pyridine rings is 1. The molecule has 1 aromatic heterocycles. The van der Waals surface area contributed by atoms with Crippen molar-refractivity contribution in [2.45, 2.75) is 19.3 Å². The van der Waals surface area contributed by atoms with Gasteiger partial charge in [-0.3, -0.25) is 0 Å². The van der Waals surface area contributed by atoms with Gasteiger partial charge in [0.25, 0.3) is 0 Å². The molecule has 1 rings (SSSR count). The second kappa shape index (κ2) is 4.99. The van der Waals surface area contributed by atoms with Gasteiger partial charge in [-0.05, 0) is 19.1 Å². The van der Waals surface area contributed by atoms with E-state index in [4.69, 9.17) is 5.26 Å². The van der Waals surface area contributed by atoms with E-state index in [1.54, 1.807) is 13.0 Å². The van der Waals surface area contributed by atoms with Gasteiger partial charge in [0.1, 0.15) is 11.9 Å². The van der Waals surface area contributed by atoms with Crippen LogP contribution in [-0.2, 0) is 0 Å². The molecule has 1 heterocycles. The fourth-order valence-electron chi connectivity index (χ4n) is 1.06. The van der Waals surface area contributed by atoms with E-state index < -0.39 is 18.9 Å². The molecule has 3 nitrogen and oxygen atoms in total. The van der Waals surface area contributed by atoms with Gasteiger partial charge in [0, 0.05) is 5.69 Å². The Morgan fingerprint density at radius 2 is 2.12 bits per heavy atom. The molecule has 0 radical (unpaired) electrons. The fraction of sp³-hybridized carbons (Fsp3) is 0.400. The molecule has 0 aliphatic rings. The molecule has 7 heteroatoms. The van der Waals surface area contributed by atoms with Crippen molar-refractivity contribution in [3.63, 3.8) is 0 Å². The molecule has 1 aromatic rings. The number of aryl methyl sites for hydroxylation is 1. The predicted molar refractivity (Wildman–Crippen MR) is 53.1 cm³/mol. The van der Waals surface area contributed by atoms with E-state index in [2.05, 4.69) is 10.3 Å². The molecule has 92 valence electrons. The molecule has 0 saturated carbocycles. The Morgan fingerprint density at radius 1 is 1.47 bits per heavy atom. The zero-order valence-corrected chi connectivity index (χ0v) is 8.85. The van der Waals surface area contributed by atoms with Gasteiger partial charge in [-0.25, -0.2) is 13.8 Å². The number of hydrogen-bond acceptors (Lipinski definition) is 3. The largest absolute Gasteiger partial charge is 0.363 e. The number of anilines is 1. The zero-order valence-electron chi connectivity index (χ0n) is 8.85. The normalized spacial score (nSPS) is 11.4. The standard InChI is InChI=1S/C10H9F4N3/c1-6-2-3-7(4-15)8(17-6)16-5-10(13,14)9(11)12/h2-3,9H,5H2,1H3,(H,16,17). The van der Waals surface area contributed by atoms with Crippen molar-refractivity contribution in [1.29, 1.82) is 5.26 Å². The third-order valence-corrected chi connectivity index (χ3v) is 1.97. The minimum Gasteiger partial charge on any atom is -0.363 e. The van der Waals surface area contributed by atoms with Gasteiger partial charge in [-0.2, -0.15) is 14.0 Å². The minimum absolute atomic E-state index is 0.0284. The summed E-state index contributed by atoms with van der Waals surface area (Å²) in [6.07, 6.45) is -3.76. The number of halogens is 4. The maximum absolute atomic E-state index is 12.6. The van der Waals surface area contributed by atoms with Crippen molar-refractivity contribution in [2.24, 2.45) is 0 Å². The smallest absolute Gasteiger partial charge is 0.324 e. The number of rotatable bonds is 4. The lowest BCUT2D eigenvalue weighted by atomic mass is 10.2. The predicted octanol–water partition coefficient (Wildman–Crippen LogP) is 2.57. The quantitative estimate of drug-likeness (QED) is 0.832. The van der Waals surface area contributed by atoms with Crippen LogP contribution in [0.25, 0.3) is 0 Å². The first-order valence-electron chi connectivity index (χ1n) is 4.64. The Balaban J connectivity index is 2.83. The van der Waals surface area contributed by atoms with Crippen LogP contribution in [-0.4, -0.2) is 23.9 Å². The molecule has 0 unspecified atom stereocenters. The molecule has 0 fully saturated rings. The lowest BCUT2D eigenvalue weighted by molar-refractivity contribution is -0.117. The highest BCUT2D eigenvalue weighted by Gasteiger charge is 2.40. The summed E-state index contributed by atoms with van der Waals surface area (Å²) in [5.74, 6) is -4.27. The zero-order chi connectivity index (χ0) is 13.1. The highest BCUT2D eigenvalue weighted by molar-refractivity contribution is 5.52. The highest BCUT2D eigenvalue weighted by Crippen LogP contribution is 2.23. The van der Waals surface area contributed by atoms with Crippen LogP contribution in [0.5, 0.6) is 0 Å².